The molecule has 84 valence electrons. The van der Waals surface area contributed by atoms with Crippen LogP contribution >= 0.6 is 11.3 Å². The second kappa shape index (κ2) is 4.72. The van der Waals surface area contributed by atoms with Gasteiger partial charge >= 0.3 is 5.97 Å². The molecule has 5 heteroatoms. The minimum absolute atomic E-state index is 0.0867. The number of likely N-dealkylation sites (N-methyl/N-ethyl adjacent to an activating group) is 1. The number of carboxylic acids is 1. The van der Waals surface area contributed by atoms with Gasteiger partial charge < -0.3 is 5.11 Å². The third-order valence-corrected chi connectivity index (χ3v) is 3.84. The third kappa shape index (κ3) is 2.54. The van der Waals surface area contributed by atoms with Gasteiger partial charge in [-0.25, -0.2) is 4.98 Å². The molecule has 4 nitrogen and oxygen atoms in total. The summed E-state index contributed by atoms with van der Waals surface area (Å²) in [5, 5.41) is 8.91. The molecule has 0 aliphatic heterocycles. The van der Waals surface area contributed by atoms with Crippen LogP contribution < -0.4 is 0 Å². The molecule has 0 aliphatic carbocycles. The van der Waals surface area contributed by atoms with Crippen LogP contribution in [0.15, 0.2) is 5.51 Å². The van der Waals surface area contributed by atoms with Crippen LogP contribution in [0.25, 0.3) is 0 Å². The topological polar surface area (TPSA) is 53.4 Å². The Labute approximate surface area is 93.6 Å². The minimum atomic E-state index is -0.800. The summed E-state index contributed by atoms with van der Waals surface area (Å²) in [4.78, 5) is 18.0. The van der Waals surface area contributed by atoms with Crippen LogP contribution in [0, 0.1) is 6.92 Å². The first kappa shape index (κ1) is 12.1. The number of hydrogen-bond donors (Lipinski definition) is 1. The summed E-state index contributed by atoms with van der Waals surface area (Å²) >= 11 is 1.57. The van der Waals surface area contributed by atoms with Crippen molar-refractivity contribution in [1.29, 1.82) is 0 Å². The zero-order chi connectivity index (χ0) is 11.6. The molecule has 15 heavy (non-hydrogen) atoms. The summed E-state index contributed by atoms with van der Waals surface area (Å²) in [6.07, 6.45) is 0. The molecule has 0 aromatic carbocycles. The van der Waals surface area contributed by atoms with Crippen molar-refractivity contribution in [3.63, 3.8) is 0 Å². The van der Waals surface area contributed by atoms with Crippen LogP contribution in [-0.4, -0.2) is 34.0 Å². The molecule has 1 rings (SSSR count). The fourth-order valence-electron chi connectivity index (χ4n) is 1.41. The van der Waals surface area contributed by atoms with Crippen LogP contribution in [0.3, 0.4) is 0 Å². The normalized spacial score (nSPS) is 15.3. The first-order valence-electron chi connectivity index (χ1n) is 4.80. The van der Waals surface area contributed by atoms with Gasteiger partial charge in [-0.15, -0.1) is 11.3 Å². The van der Waals surface area contributed by atoms with E-state index in [1.165, 1.54) is 0 Å². The Balaban J connectivity index is 2.81. The first-order valence-corrected chi connectivity index (χ1v) is 5.67. The van der Waals surface area contributed by atoms with Gasteiger partial charge in [-0.2, -0.15) is 0 Å². The van der Waals surface area contributed by atoms with Crippen LogP contribution in [0.1, 0.15) is 30.5 Å². The Hall–Kier alpha value is -0.940. The van der Waals surface area contributed by atoms with Gasteiger partial charge in [0, 0.05) is 10.9 Å². The lowest BCUT2D eigenvalue weighted by molar-refractivity contribution is -0.142. The van der Waals surface area contributed by atoms with Crippen molar-refractivity contribution >= 4 is 17.3 Å². The molecular weight excluding hydrogens is 212 g/mol. The fraction of sp³-hybridized carbons (Fsp3) is 0.600. The Bertz CT molecular complexity index is 351. The summed E-state index contributed by atoms with van der Waals surface area (Å²) in [7, 11) is 1.82. The number of aliphatic carboxylic acids is 1. The molecule has 0 bridgehead atoms. The maximum Gasteiger partial charge on any atom is 0.320 e. The zero-order valence-corrected chi connectivity index (χ0v) is 10.2. The number of aromatic nitrogens is 1. The van der Waals surface area contributed by atoms with Crippen molar-refractivity contribution in [2.45, 2.75) is 32.9 Å². The van der Waals surface area contributed by atoms with Gasteiger partial charge in [0.25, 0.3) is 0 Å². The lowest BCUT2D eigenvalue weighted by Gasteiger charge is -2.27. The van der Waals surface area contributed by atoms with Crippen LogP contribution in [0.4, 0.5) is 0 Å². The molecule has 0 fully saturated rings. The van der Waals surface area contributed by atoms with Gasteiger partial charge in [0.05, 0.1) is 11.2 Å². The summed E-state index contributed by atoms with van der Waals surface area (Å²) < 4.78 is 0. The summed E-state index contributed by atoms with van der Waals surface area (Å²) in [6, 6.07) is -0.398. The number of carboxylic acid groups (broad SMARTS) is 1. The highest BCUT2D eigenvalue weighted by Gasteiger charge is 2.24. The minimum Gasteiger partial charge on any atom is -0.480 e. The van der Waals surface area contributed by atoms with Gasteiger partial charge in [-0.3, -0.25) is 9.69 Å². The third-order valence-electron chi connectivity index (χ3n) is 2.74. The van der Waals surface area contributed by atoms with E-state index in [1.807, 2.05) is 25.8 Å². The molecule has 1 N–H and O–H groups in total. The second-order valence-corrected chi connectivity index (χ2v) is 4.54. The molecule has 2 atom stereocenters. The van der Waals surface area contributed by atoms with E-state index in [0.717, 1.165) is 10.6 Å². The number of carbonyl (C=O) groups is 1. The van der Waals surface area contributed by atoms with Crippen molar-refractivity contribution in [3.8, 4) is 0 Å². The standard InChI is InChI=1S/C10H16N2O2S/c1-6-9(15-5-11-6)7(2)12(4)8(3)10(13)14/h5,7-8H,1-4H3,(H,13,14). The smallest absolute Gasteiger partial charge is 0.320 e. The van der Waals surface area contributed by atoms with E-state index in [4.69, 9.17) is 5.11 Å². The van der Waals surface area contributed by atoms with Crippen LogP contribution in [-0.2, 0) is 4.79 Å². The first-order chi connectivity index (χ1) is 6.95. The highest BCUT2D eigenvalue weighted by atomic mass is 32.1. The monoisotopic (exact) mass is 228 g/mol. The maximum absolute atomic E-state index is 10.8. The average molecular weight is 228 g/mol. The Kier molecular flexibility index (Phi) is 3.82. The molecule has 0 saturated carbocycles. The molecule has 0 saturated heterocycles. The summed E-state index contributed by atoms with van der Waals surface area (Å²) in [6.45, 7) is 5.64. The van der Waals surface area contributed by atoms with E-state index in [-0.39, 0.29) is 6.04 Å². The van der Waals surface area contributed by atoms with Gasteiger partial charge in [0.15, 0.2) is 0 Å². The highest BCUT2D eigenvalue weighted by Crippen LogP contribution is 2.26. The largest absolute Gasteiger partial charge is 0.480 e. The number of aryl methyl sites for hydroxylation is 1. The summed E-state index contributed by atoms with van der Waals surface area (Å²) in [5.74, 6) is -0.800. The molecule has 1 aromatic heterocycles. The van der Waals surface area contributed by atoms with E-state index in [1.54, 1.807) is 23.8 Å². The van der Waals surface area contributed by atoms with Crippen LogP contribution in [0.2, 0.25) is 0 Å². The molecule has 2 unspecified atom stereocenters. The number of thiazole rings is 1. The zero-order valence-electron chi connectivity index (χ0n) is 9.39. The highest BCUT2D eigenvalue weighted by molar-refractivity contribution is 7.09. The maximum atomic E-state index is 10.8. The summed E-state index contributed by atoms with van der Waals surface area (Å²) in [5.41, 5.74) is 2.78. The molecule has 0 amide bonds. The number of rotatable bonds is 4. The van der Waals surface area contributed by atoms with E-state index in [9.17, 15) is 4.79 Å². The van der Waals surface area contributed by atoms with Crippen molar-refractivity contribution in [3.05, 3.63) is 16.1 Å². The molecule has 1 aromatic rings. The van der Waals surface area contributed by atoms with E-state index >= 15 is 0 Å². The van der Waals surface area contributed by atoms with Crippen molar-refractivity contribution in [2.75, 3.05) is 7.05 Å². The van der Waals surface area contributed by atoms with Crippen LogP contribution in [0.5, 0.6) is 0 Å². The van der Waals surface area contributed by atoms with E-state index in [0.29, 0.717) is 0 Å². The van der Waals surface area contributed by atoms with Gasteiger partial charge in [-0.05, 0) is 27.8 Å². The van der Waals surface area contributed by atoms with E-state index < -0.39 is 12.0 Å². The van der Waals surface area contributed by atoms with E-state index in [2.05, 4.69) is 4.98 Å². The Morgan fingerprint density at radius 3 is 2.60 bits per heavy atom. The Morgan fingerprint density at radius 1 is 1.60 bits per heavy atom. The average Bonchev–Trinajstić information content (AvgIpc) is 2.60. The number of hydrogen-bond acceptors (Lipinski definition) is 4. The molecule has 1 heterocycles. The second-order valence-electron chi connectivity index (χ2n) is 3.66. The number of nitrogens with zero attached hydrogens (tertiary/aromatic N) is 2. The Morgan fingerprint density at radius 2 is 2.20 bits per heavy atom. The lowest BCUT2D eigenvalue weighted by Crippen LogP contribution is -2.37. The van der Waals surface area contributed by atoms with Crippen molar-refractivity contribution < 1.29 is 9.90 Å². The molecule has 0 aliphatic rings. The molecule has 0 radical (unpaired) electrons. The predicted molar refractivity (Wildman–Crippen MR) is 60.1 cm³/mol. The van der Waals surface area contributed by atoms with Gasteiger partial charge in [0.1, 0.15) is 6.04 Å². The van der Waals surface area contributed by atoms with Gasteiger partial charge in [0.2, 0.25) is 0 Å². The molecular formula is C10H16N2O2S. The lowest BCUT2D eigenvalue weighted by atomic mass is 10.1. The molecule has 0 spiro atoms. The van der Waals surface area contributed by atoms with Gasteiger partial charge in [-0.1, -0.05) is 0 Å². The quantitative estimate of drug-likeness (QED) is 0.855. The predicted octanol–water partition coefficient (Wildman–Crippen LogP) is 1.92. The SMILES string of the molecule is Cc1ncsc1C(C)N(C)C(C)C(=O)O. The fourth-order valence-corrected chi connectivity index (χ4v) is 2.32. The van der Waals surface area contributed by atoms with Crippen molar-refractivity contribution in [1.82, 2.24) is 9.88 Å². The van der Waals surface area contributed by atoms with Crippen molar-refractivity contribution in [2.24, 2.45) is 0 Å².